The molecule has 3 amide bonds. The highest BCUT2D eigenvalue weighted by atomic mass is 32.2. The Morgan fingerprint density at radius 1 is 1.32 bits per heavy atom. The van der Waals surface area contributed by atoms with Gasteiger partial charge in [-0.25, -0.2) is 4.79 Å². The lowest BCUT2D eigenvalue weighted by Gasteiger charge is -2.12. The molecule has 152 valence electrons. The molecular formula is C19H27N5O3S. The van der Waals surface area contributed by atoms with E-state index in [2.05, 4.69) is 20.8 Å². The molecule has 0 fully saturated rings. The fraction of sp³-hybridized carbons (Fsp3) is 0.474. The number of thioether (sulfide) groups is 1. The van der Waals surface area contributed by atoms with Gasteiger partial charge in [0.05, 0.1) is 18.9 Å². The molecule has 1 aromatic carbocycles. The summed E-state index contributed by atoms with van der Waals surface area (Å²) in [6, 6.07) is 7.52. The number of carbonyl (C=O) groups is 2. The average molecular weight is 406 g/mol. The van der Waals surface area contributed by atoms with E-state index in [1.54, 1.807) is 7.11 Å². The van der Waals surface area contributed by atoms with E-state index in [-0.39, 0.29) is 17.7 Å². The molecule has 0 bridgehead atoms. The van der Waals surface area contributed by atoms with Gasteiger partial charge in [-0.1, -0.05) is 42.4 Å². The van der Waals surface area contributed by atoms with Gasteiger partial charge in [0.1, 0.15) is 0 Å². The van der Waals surface area contributed by atoms with Gasteiger partial charge >= 0.3 is 6.03 Å². The lowest BCUT2D eigenvalue weighted by molar-refractivity contribution is -0.117. The third-order valence-corrected chi connectivity index (χ3v) is 5.05. The Bertz CT molecular complexity index is 809. The minimum Gasteiger partial charge on any atom is -0.383 e. The van der Waals surface area contributed by atoms with Gasteiger partial charge < -0.3 is 10.1 Å². The molecule has 1 heterocycles. The summed E-state index contributed by atoms with van der Waals surface area (Å²) in [7, 11) is 1.63. The van der Waals surface area contributed by atoms with Crippen LogP contribution in [0.2, 0.25) is 0 Å². The number of hydrogen-bond acceptors (Lipinski definition) is 6. The SMILES string of the molecule is CC[C@H](C)NC(=O)NC(=O)CSc1nnc(-c2cccc(C)c2)n1CCOC. The number of nitrogens with zero attached hydrogens (tertiary/aromatic N) is 3. The normalized spacial score (nSPS) is 11.9. The molecule has 0 spiro atoms. The summed E-state index contributed by atoms with van der Waals surface area (Å²) >= 11 is 1.23. The number of aromatic nitrogens is 3. The van der Waals surface area contributed by atoms with Crippen LogP contribution in [0.15, 0.2) is 29.4 Å². The molecule has 0 aliphatic carbocycles. The van der Waals surface area contributed by atoms with Crippen LogP contribution >= 0.6 is 11.8 Å². The van der Waals surface area contributed by atoms with Crippen LogP contribution in [-0.4, -0.2) is 52.2 Å². The van der Waals surface area contributed by atoms with Crippen molar-refractivity contribution in [3.05, 3.63) is 29.8 Å². The molecule has 8 nitrogen and oxygen atoms in total. The van der Waals surface area contributed by atoms with E-state index in [0.717, 1.165) is 23.4 Å². The molecule has 2 aromatic rings. The van der Waals surface area contributed by atoms with Crippen LogP contribution in [0.1, 0.15) is 25.8 Å². The lowest BCUT2D eigenvalue weighted by atomic mass is 10.1. The molecule has 0 aliphatic rings. The Morgan fingerprint density at radius 3 is 2.79 bits per heavy atom. The van der Waals surface area contributed by atoms with Gasteiger partial charge in [0, 0.05) is 18.7 Å². The maximum Gasteiger partial charge on any atom is 0.321 e. The molecule has 9 heteroatoms. The Hall–Kier alpha value is -2.39. The van der Waals surface area contributed by atoms with Crippen LogP contribution < -0.4 is 10.6 Å². The van der Waals surface area contributed by atoms with Crippen LogP contribution in [0.25, 0.3) is 11.4 Å². The van der Waals surface area contributed by atoms with E-state index >= 15 is 0 Å². The fourth-order valence-electron chi connectivity index (χ4n) is 2.43. The minimum atomic E-state index is -0.485. The highest BCUT2D eigenvalue weighted by Gasteiger charge is 2.17. The number of carbonyl (C=O) groups excluding carboxylic acids is 2. The zero-order chi connectivity index (χ0) is 20.5. The van der Waals surface area contributed by atoms with Crippen molar-refractivity contribution < 1.29 is 14.3 Å². The summed E-state index contributed by atoms with van der Waals surface area (Å²) in [5, 5.41) is 14.2. The summed E-state index contributed by atoms with van der Waals surface area (Å²) in [4.78, 5) is 23.8. The monoisotopic (exact) mass is 405 g/mol. The number of hydrogen-bond donors (Lipinski definition) is 2. The second kappa shape index (κ2) is 10.8. The van der Waals surface area contributed by atoms with Crippen molar-refractivity contribution in [1.29, 1.82) is 0 Å². The second-order valence-corrected chi connectivity index (χ2v) is 7.38. The molecule has 0 radical (unpaired) electrons. The number of imide groups is 1. The zero-order valence-electron chi connectivity index (χ0n) is 16.7. The first-order chi connectivity index (χ1) is 13.4. The maximum absolute atomic E-state index is 12.1. The highest BCUT2D eigenvalue weighted by Crippen LogP contribution is 2.24. The minimum absolute atomic E-state index is 0.00878. The first-order valence-corrected chi connectivity index (χ1v) is 10.2. The van der Waals surface area contributed by atoms with Gasteiger partial charge in [-0.2, -0.15) is 0 Å². The fourth-order valence-corrected chi connectivity index (χ4v) is 3.20. The lowest BCUT2D eigenvalue weighted by Crippen LogP contribution is -2.43. The number of rotatable bonds is 9. The predicted molar refractivity (Wildman–Crippen MR) is 109 cm³/mol. The van der Waals surface area contributed by atoms with E-state index in [0.29, 0.717) is 18.3 Å². The number of methoxy groups -OCH3 is 1. The third-order valence-electron chi connectivity index (χ3n) is 4.09. The molecule has 0 saturated heterocycles. The van der Waals surface area contributed by atoms with Gasteiger partial charge in [-0.15, -0.1) is 10.2 Å². The quantitative estimate of drug-likeness (QED) is 0.623. The zero-order valence-corrected chi connectivity index (χ0v) is 17.5. The standard InChI is InChI=1S/C19H27N5O3S/c1-5-14(3)20-18(26)21-16(25)12-28-19-23-22-17(24(19)9-10-27-4)15-8-6-7-13(2)11-15/h6-8,11,14H,5,9-10,12H2,1-4H3,(H2,20,21,25,26)/t14-/m0/s1. The van der Waals surface area contributed by atoms with Crippen molar-refractivity contribution in [1.82, 2.24) is 25.4 Å². The molecule has 2 rings (SSSR count). The van der Waals surface area contributed by atoms with Gasteiger partial charge in [0.15, 0.2) is 11.0 Å². The Kier molecular flexibility index (Phi) is 8.46. The largest absolute Gasteiger partial charge is 0.383 e. The summed E-state index contributed by atoms with van der Waals surface area (Å²) in [6.45, 7) is 6.91. The van der Waals surface area contributed by atoms with E-state index in [9.17, 15) is 9.59 Å². The van der Waals surface area contributed by atoms with Crippen molar-refractivity contribution in [2.45, 2.75) is 44.9 Å². The molecule has 0 saturated carbocycles. The number of nitrogens with one attached hydrogen (secondary N) is 2. The molecule has 2 N–H and O–H groups in total. The number of ether oxygens (including phenoxy) is 1. The molecule has 1 aromatic heterocycles. The highest BCUT2D eigenvalue weighted by molar-refractivity contribution is 7.99. The summed E-state index contributed by atoms with van der Waals surface area (Å²) in [5.41, 5.74) is 2.08. The molecule has 1 atom stereocenters. The third kappa shape index (κ3) is 6.35. The van der Waals surface area contributed by atoms with E-state index in [1.165, 1.54) is 11.8 Å². The van der Waals surface area contributed by atoms with Crippen molar-refractivity contribution in [2.75, 3.05) is 19.5 Å². The van der Waals surface area contributed by atoms with Crippen molar-refractivity contribution >= 4 is 23.7 Å². The summed E-state index contributed by atoms with van der Waals surface area (Å²) in [6.07, 6.45) is 0.792. The van der Waals surface area contributed by atoms with Crippen molar-refractivity contribution in [3.8, 4) is 11.4 Å². The van der Waals surface area contributed by atoms with Gasteiger partial charge in [-0.3, -0.25) is 14.7 Å². The van der Waals surface area contributed by atoms with Gasteiger partial charge in [0.2, 0.25) is 5.91 Å². The van der Waals surface area contributed by atoms with E-state index < -0.39 is 6.03 Å². The number of urea groups is 1. The van der Waals surface area contributed by atoms with Crippen molar-refractivity contribution in [2.24, 2.45) is 0 Å². The summed E-state index contributed by atoms with van der Waals surface area (Å²) < 4.78 is 7.12. The smallest absolute Gasteiger partial charge is 0.321 e. The van der Waals surface area contributed by atoms with Crippen LogP contribution in [0, 0.1) is 6.92 Å². The Balaban J connectivity index is 2.06. The number of benzene rings is 1. The van der Waals surface area contributed by atoms with Gasteiger partial charge in [-0.05, 0) is 26.3 Å². The molecular weight excluding hydrogens is 378 g/mol. The Labute approximate surface area is 169 Å². The Morgan fingerprint density at radius 2 is 2.11 bits per heavy atom. The topological polar surface area (TPSA) is 98.1 Å². The number of aryl methyl sites for hydroxylation is 1. The maximum atomic E-state index is 12.1. The van der Waals surface area contributed by atoms with Crippen LogP contribution in [0.5, 0.6) is 0 Å². The van der Waals surface area contributed by atoms with E-state index in [4.69, 9.17) is 4.74 Å². The molecule has 0 aliphatic heterocycles. The van der Waals surface area contributed by atoms with E-state index in [1.807, 2.05) is 49.6 Å². The predicted octanol–water partition coefficient (Wildman–Crippen LogP) is 2.62. The first kappa shape index (κ1) is 21.9. The van der Waals surface area contributed by atoms with Crippen molar-refractivity contribution in [3.63, 3.8) is 0 Å². The number of amides is 3. The molecule has 28 heavy (non-hydrogen) atoms. The molecule has 0 unspecified atom stereocenters. The second-order valence-electron chi connectivity index (χ2n) is 6.44. The van der Waals surface area contributed by atoms with Crippen LogP contribution in [0.3, 0.4) is 0 Å². The average Bonchev–Trinajstić information content (AvgIpc) is 3.07. The summed E-state index contributed by atoms with van der Waals surface area (Å²) in [5.74, 6) is 0.398. The first-order valence-electron chi connectivity index (χ1n) is 9.16. The van der Waals surface area contributed by atoms with Gasteiger partial charge in [0.25, 0.3) is 0 Å². The van der Waals surface area contributed by atoms with Crippen LogP contribution in [-0.2, 0) is 16.1 Å². The van der Waals surface area contributed by atoms with Crippen LogP contribution in [0.4, 0.5) is 4.79 Å².